The van der Waals surface area contributed by atoms with Crippen LogP contribution in [0.4, 0.5) is 10.5 Å². The molecule has 0 spiro atoms. The largest absolute Gasteiger partial charge is 0.444 e. The number of nitro groups is 1. The molecule has 1 heterocycles. The number of carbonyl (C=O) groups is 3. The molecule has 10 nitrogen and oxygen atoms in total. The Bertz CT molecular complexity index is 850. The van der Waals surface area contributed by atoms with Crippen LogP contribution in [-0.2, 0) is 30.2 Å². The van der Waals surface area contributed by atoms with E-state index in [0.717, 1.165) is 0 Å². The van der Waals surface area contributed by atoms with Crippen molar-refractivity contribution < 1.29 is 33.5 Å². The third-order valence-corrected chi connectivity index (χ3v) is 4.58. The van der Waals surface area contributed by atoms with Gasteiger partial charge in [0, 0.05) is 32.0 Å². The summed E-state index contributed by atoms with van der Waals surface area (Å²) in [6, 6.07) is 5.05. The average Bonchev–Trinajstić information content (AvgIpc) is 2.58. The van der Waals surface area contributed by atoms with Crippen LogP contribution in [0.1, 0.15) is 53.5 Å². The summed E-state index contributed by atoms with van der Waals surface area (Å²) >= 11 is 0. The minimum absolute atomic E-state index is 0.0750. The van der Waals surface area contributed by atoms with Gasteiger partial charge in [0.15, 0.2) is 5.41 Å². The topological polar surface area (TPSA) is 134 Å². The Kier molecular flexibility index (Phi) is 6.63. The lowest BCUT2D eigenvalue weighted by Crippen LogP contribution is -2.55. The molecular weight excluding hydrogens is 408 g/mol. The second kappa shape index (κ2) is 8.52. The van der Waals surface area contributed by atoms with Gasteiger partial charge in [-0.25, -0.2) is 4.79 Å². The molecule has 0 bridgehead atoms. The number of benzene rings is 1. The lowest BCUT2D eigenvalue weighted by Gasteiger charge is -2.39. The third kappa shape index (κ3) is 6.40. The Hall–Kier alpha value is -3.17. The second-order valence-electron chi connectivity index (χ2n) is 9.19. The van der Waals surface area contributed by atoms with Crippen LogP contribution in [0.5, 0.6) is 0 Å². The number of nitro benzene ring substituents is 1. The predicted molar refractivity (Wildman–Crippen MR) is 109 cm³/mol. The van der Waals surface area contributed by atoms with Crippen LogP contribution in [0, 0.1) is 15.5 Å². The molecule has 1 atom stereocenters. The van der Waals surface area contributed by atoms with Crippen molar-refractivity contribution in [3.8, 4) is 0 Å². The Balaban J connectivity index is 2.26. The van der Waals surface area contributed by atoms with E-state index < -0.39 is 45.8 Å². The molecule has 10 heteroatoms. The van der Waals surface area contributed by atoms with Gasteiger partial charge in [0.05, 0.1) is 4.92 Å². The zero-order valence-electron chi connectivity index (χ0n) is 18.5. The lowest BCUT2D eigenvalue weighted by molar-refractivity contribution is -0.384. The SMILES string of the molecule is CC(C)(C)OC(=O)N[C@@H](Cc1ccc([N+](=O)[O-])cc1)CC1(C)C(=O)OC(C)(C)OC1=O. The highest BCUT2D eigenvalue weighted by molar-refractivity contribution is 6.01. The van der Waals surface area contributed by atoms with Crippen LogP contribution < -0.4 is 5.32 Å². The van der Waals surface area contributed by atoms with Crippen molar-refractivity contribution in [1.29, 1.82) is 0 Å². The summed E-state index contributed by atoms with van der Waals surface area (Å²) in [4.78, 5) is 48.0. The van der Waals surface area contributed by atoms with Crippen LogP contribution in [0.25, 0.3) is 0 Å². The molecule has 31 heavy (non-hydrogen) atoms. The summed E-state index contributed by atoms with van der Waals surface area (Å²) < 4.78 is 15.8. The molecule has 1 saturated heterocycles. The molecule has 1 aliphatic rings. The number of cyclic esters (lactones) is 2. The highest BCUT2D eigenvalue weighted by atomic mass is 16.7. The maximum atomic E-state index is 12.6. The summed E-state index contributed by atoms with van der Waals surface area (Å²) in [7, 11) is 0. The highest BCUT2D eigenvalue weighted by Crippen LogP contribution is 2.36. The Morgan fingerprint density at radius 3 is 2.10 bits per heavy atom. The van der Waals surface area contributed by atoms with Gasteiger partial charge in [-0.05, 0) is 46.1 Å². The van der Waals surface area contributed by atoms with Gasteiger partial charge in [-0.15, -0.1) is 0 Å². The predicted octanol–water partition coefficient (Wildman–Crippen LogP) is 3.26. The van der Waals surface area contributed by atoms with Crippen LogP contribution in [0.3, 0.4) is 0 Å². The minimum Gasteiger partial charge on any atom is -0.444 e. The van der Waals surface area contributed by atoms with Crippen molar-refractivity contribution in [3.05, 3.63) is 39.9 Å². The fraction of sp³-hybridized carbons (Fsp3) is 0.571. The fourth-order valence-corrected chi connectivity index (χ4v) is 3.12. The number of nitrogens with one attached hydrogen (secondary N) is 1. The van der Waals surface area contributed by atoms with Gasteiger partial charge in [-0.1, -0.05) is 12.1 Å². The van der Waals surface area contributed by atoms with Gasteiger partial charge in [0.2, 0.25) is 0 Å². The van der Waals surface area contributed by atoms with E-state index in [9.17, 15) is 24.5 Å². The Morgan fingerprint density at radius 1 is 1.13 bits per heavy atom. The van der Waals surface area contributed by atoms with E-state index in [-0.39, 0.29) is 18.5 Å². The molecule has 1 amide bonds. The lowest BCUT2D eigenvalue weighted by atomic mass is 9.81. The van der Waals surface area contributed by atoms with Crippen molar-refractivity contribution in [2.24, 2.45) is 5.41 Å². The normalized spacial score (nSPS) is 18.4. The van der Waals surface area contributed by atoms with Crippen molar-refractivity contribution >= 4 is 23.7 Å². The van der Waals surface area contributed by atoms with Gasteiger partial charge < -0.3 is 19.5 Å². The van der Waals surface area contributed by atoms with E-state index in [1.807, 2.05) is 0 Å². The number of non-ortho nitro benzene ring substituents is 1. The first kappa shape index (κ1) is 24.1. The van der Waals surface area contributed by atoms with Gasteiger partial charge in [0.1, 0.15) is 5.60 Å². The van der Waals surface area contributed by atoms with Crippen molar-refractivity contribution in [3.63, 3.8) is 0 Å². The zero-order valence-corrected chi connectivity index (χ0v) is 18.5. The quantitative estimate of drug-likeness (QED) is 0.311. The molecule has 1 fully saturated rings. The Morgan fingerprint density at radius 2 is 1.65 bits per heavy atom. The summed E-state index contributed by atoms with van der Waals surface area (Å²) in [5.41, 5.74) is -1.81. The smallest absolute Gasteiger partial charge is 0.407 e. The van der Waals surface area contributed by atoms with Crippen LogP contribution in [0.2, 0.25) is 0 Å². The first-order chi connectivity index (χ1) is 14.1. The molecule has 0 aromatic heterocycles. The van der Waals surface area contributed by atoms with E-state index in [1.165, 1.54) is 32.9 Å². The van der Waals surface area contributed by atoms with Crippen molar-refractivity contribution in [2.45, 2.75) is 71.8 Å². The maximum Gasteiger partial charge on any atom is 0.407 e. The summed E-state index contributed by atoms with van der Waals surface area (Å²) in [5.74, 6) is -2.89. The van der Waals surface area contributed by atoms with Crippen LogP contribution >= 0.6 is 0 Å². The van der Waals surface area contributed by atoms with E-state index in [0.29, 0.717) is 5.56 Å². The first-order valence-corrected chi connectivity index (χ1v) is 9.81. The minimum atomic E-state index is -1.64. The monoisotopic (exact) mass is 436 g/mol. The van der Waals surface area contributed by atoms with E-state index in [2.05, 4.69) is 5.32 Å². The zero-order chi connectivity index (χ0) is 23.6. The van der Waals surface area contributed by atoms with E-state index in [4.69, 9.17) is 14.2 Å². The Labute approximate surface area is 180 Å². The number of nitrogens with zero attached hydrogens (tertiary/aromatic N) is 1. The molecule has 0 radical (unpaired) electrons. The van der Waals surface area contributed by atoms with Gasteiger partial charge in [-0.2, -0.15) is 0 Å². The third-order valence-electron chi connectivity index (χ3n) is 4.58. The maximum absolute atomic E-state index is 12.6. The second-order valence-corrected chi connectivity index (χ2v) is 9.19. The number of hydrogen-bond acceptors (Lipinski definition) is 8. The number of esters is 2. The molecule has 1 N–H and O–H groups in total. The summed E-state index contributed by atoms with van der Waals surface area (Å²) in [6.45, 7) is 9.42. The summed E-state index contributed by atoms with van der Waals surface area (Å²) in [5, 5.41) is 13.6. The molecule has 2 rings (SSSR count). The number of ether oxygens (including phenoxy) is 3. The molecule has 1 aromatic rings. The van der Waals surface area contributed by atoms with E-state index >= 15 is 0 Å². The average molecular weight is 436 g/mol. The van der Waals surface area contributed by atoms with Gasteiger partial charge in [0.25, 0.3) is 11.5 Å². The standard InChI is InChI=1S/C21H28N2O8/c1-19(2,3)31-18(26)22-14(11-13-7-9-15(10-8-13)23(27)28)12-21(6)16(24)29-20(4,5)30-17(21)25/h7-10,14H,11-12H2,1-6H3,(H,22,26)/t14-/m0/s1. The van der Waals surface area contributed by atoms with Crippen LogP contribution in [0.15, 0.2) is 24.3 Å². The number of amides is 1. The number of rotatable bonds is 6. The fourth-order valence-electron chi connectivity index (χ4n) is 3.12. The molecule has 0 saturated carbocycles. The van der Waals surface area contributed by atoms with Crippen molar-refractivity contribution in [2.75, 3.05) is 0 Å². The molecule has 1 aliphatic heterocycles. The first-order valence-electron chi connectivity index (χ1n) is 9.81. The van der Waals surface area contributed by atoms with Crippen molar-refractivity contribution in [1.82, 2.24) is 5.32 Å². The number of hydrogen-bond donors (Lipinski definition) is 1. The van der Waals surface area contributed by atoms with Gasteiger partial charge in [-0.3, -0.25) is 19.7 Å². The molecule has 0 unspecified atom stereocenters. The number of carbonyl (C=O) groups excluding carboxylic acids is 3. The number of alkyl carbamates (subject to hydrolysis) is 1. The van der Waals surface area contributed by atoms with Gasteiger partial charge >= 0.3 is 18.0 Å². The summed E-state index contributed by atoms with van der Waals surface area (Å²) in [6.07, 6.45) is -0.644. The van der Waals surface area contributed by atoms with Crippen LogP contribution in [-0.4, -0.2) is 40.4 Å². The molecule has 1 aromatic carbocycles. The highest BCUT2D eigenvalue weighted by Gasteiger charge is 2.53. The molecular formula is C21H28N2O8. The van der Waals surface area contributed by atoms with E-state index in [1.54, 1.807) is 32.9 Å². The molecule has 0 aliphatic carbocycles. The molecule has 170 valence electrons.